The van der Waals surface area contributed by atoms with Crippen LogP contribution in [0.5, 0.6) is 5.75 Å². The van der Waals surface area contributed by atoms with Crippen LogP contribution in [0.3, 0.4) is 0 Å². The van der Waals surface area contributed by atoms with Crippen LogP contribution in [0.1, 0.15) is 25.5 Å². The SMILES string of the molecule is CCOc1ccc(C(C)NS(=O)(=O)c2ccc(F)cc2F)cc1. The molecule has 0 heterocycles. The van der Waals surface area contributed by atoms with Gasteiger partial charge >= 0.3 is 0 Å². The largest absolute Gasteiger partial charge is 0.494 e. The van der Waals surface area contributed by atoms with Crippen LogP contribution in [-0.2, 0) is 10.0 Å². The highest BCUT2D eigenvalue weighted by atomic mass is 32.2. The minimum absolute atomic E-state index is 0.533. The first-order chi connectivity index (χ1) is 10.8. The predicted molar refractivity (Wildman–Crippen MR) is 82.7 cm³/mol. The molecule has 1 atom stereocenters. The summed E-state index contributed by atoms with van der Waals surface area (Å²) in [5.41, 5.74) is 0.694. The second-order valence-corrected chi connectivity index (χ2v) is 6.60. The maximum absolute atomic E-state index is 13.7. The molecule has 0 saturated heterocycles. The minimum Gasteiger partial charge on any atom is -0.494 e. The fraction of sp³-hybridized carbons (Fsp3) is 0.250. The third-order valence-corrected chi connectivity index (χ3v) is 4.78. The summed E-state index contributed by atoms with van der Waals surface area (Å²) >= 11 is 0. The molecule has 124 valence electrons. The van der Waals surface area contributed by atoms with E-state index in [1.54, 1.807) is 31.2 Å². The number of rotatable bonds is 6. The van der Waals surface area contributed by atoms with Crippen LogP contribution < -0.4 is 9.46 Å². The highest BCUT2D eigenvalue weighted by Crippen LogP contribution is 2.21. The van der Waals surface area contributed by atoms with Crippen molar-refractivity contribution < 1.29 is 21.9 Å². The van der Waals surface area contributed by atoms with E-state index >= 15 is 0 Å². The molecule has 1 unspecified atom stereocenters. The molecule has 0 aliphatic carbocycles. The quantitative estimate of drug-likeness (QED) is 0.876. The molecule has 0 fully saturated rings. The van der Waals surface area contributed by atoms with Gasteiger partial charge in [0.15, 0.2) is 0 Å². The van der Waals surface area contributed by atoms with E-state index in [1.807, 2.05) is 6.92 Å². The molecule has 0 radical (unpaired) electrons. The lowest BCUT2D eigenvalue weighted by Gasteiger charge is -2.15. The number of halogens is 2. The van der Waals surface area contributed by atoms with E-state index in [0.29, 0.717) is 24.0 Å². The molecule has 23 heavy (non-hydrogen) atoms. The second-order valence-electron chi connectivity index (χ2n) is 4.92. The molecule has 2 aromatic rings. The smallest absolute Gasteiger partial charge is 0.244 e. The Balaban J connectivity index is 2.19. The van der Waals surface area contributed by atoms with E-state index in [4.69, 9.17) is 4.74 Å². The Bertz CT molecular complexity index is 776. The van der Waals surface area contributed by atoms with Gasteiger partial charge in [0.1, 0.15) is 22.3 Å². The number of benzene rings is 2. The van der Waals surface area contributed by atoms with Gasteiger partial charge in [-0.3, -0.25) is 0 Å². The van der Waals surface area contributed by atoms with Crippen molar-refractivity contribution in [1.82, 2.24) is 4.72 Å². The molecule has 4 nitrogen and oxygen atoms in total. The first-order valence-electron chi connectivity index (χ1n) is 7.03. The zero-order chi connectivity index (χ0) is 17.0. The second kappa shape index (κ2) is 7.06. The summed E-state index contributed by atoms with van der Waals surface area (Å²) in [6.45, 7) is 4.03. The van der Waals surface area contributed by atoms with Gasteiger partial charge in [0.2, 0.25) is 10.0 Å². The van der Waals surface area contributed by atoms with Gasteiger partial charge in [-0.05, 0) is 43.7 Å². The molecule has 0 aliphatic rings. The van der Waals surface area contributed by atoms with Gasteiger partial charge in [0, 0.05) is 12.1 Å². The number of hydrogen-bond acceptors (Lipinski definition) is 3. The van der Waals surface area contributed by atoms with Crippen LogP contribution in [0.2, 0.25) is 0 Å². The Morgan fingerprint density at radius 3 is 2.35 bits per heavy atom. The number of ether oxygens (including phenoxy) is 1. The summed E-state index contributed by atoms with van der Waals surface area (Å²) in [5.74, 6) is -1.28. The maximum Gasteiger partial charge on any atom is 0.244 e. The van der Waals surface area contributed by atoms with Crippen molar-refractivity contribution in [3.05, 3.63) is 59.7 Å². The standard InChI is InChI=1S/C16H17F2NO3S/c1-3-22-14-7-4-12(5-8-14)11(2)19-23(20,21)16-9-6-13(17)10-15(16)18/h4-11,19H,3H2,1-2H3. The lowest BCUT2D eigenvalue weighted by Crippen LogP contribution is -2.27. The molecule has 0 spiro atoms. The van der Waals surface area contributed by atoms with Crippen molar-refractivity contribution >= 4 is 10.0 Å². The van der Waals surface area contributed by atoms with Gasteiger partial charge in [-0.1, -0.05) is 12.1 Å². The van der Waals surface area contributed by atoms with E-state index in [9.17, 15) is 17.2 Å². The fourth-order valence-electron chi connectivity index (χ4n) is 2.08. The first kappa shape index (κ1) is 17.4. The predicted octanol–water partition coefficient (Wildman–Crippen LogP) is 3.40. The van der Waals surface area contributed by atoms with E-state index in [2.05, 4.69) is 4.72 Å². The normalized spacial score (nSPS) is 12.9. The average Bonchev–Trinajstić information content (AvgIpc) is 2.47. The molecule has 0 amide bonds. The molecule has 7 heteroatoms. The van der Waals surface area contributed by atoms with Crippen molar-refractivity contribution in [2.75, 3.05) is 6.61 Å². The minimum atomic E-state index is -4.10. The molecule has 1 N–H and O–H groups in total. The van der Waals surface area contributed by atoms with Gasteiger partial charge in [-0.2, -0.15) is 0 Å². The van der Waals surface area contributed by atoms with Crippen molar-refractivity contribution in [3.63, 3.8) is 0 Å². The Morgan fingerprint density at radius 1 is 1.13 bits per heavy atom. The molecule has 2 rings (SSSR count). The molecule has 0 bridgehead atoms. The molecule has 0 aliphatic heterocycles. The lowest BCUT2D eigenvalue weighted by molar-refractivity contribution is 0.340. The number of nitrogens with one attached hydrogen (secondary N) is 1. The fourth-order valence-corrected chi connectivity index (χ4v) is 3.37. The highest BCUT2D eigenvalue weighted by molar-refractivity contribution is 7.89. The van der Waals surface area contributed by atoms with Crippen LogP contribution in [-0.4, -0.2) is 15.0 Å². The summed E-state index contributed by atoms with van der Waals surface area (Å²) < 4.78 is 58.7. The molecular formula is C16H17F2NO3S. The third kappa shape index (κ3) is 4.27. The number of sulfonamides is 1. The van der Waals surface area contributed by atoms with Crippen LogP contribution in [0.4, 0.5) is 8.78 Å². The zero-order valence-electron chi connectivity index (χ0n) is 12.7. The monoisotopic (exact) mass is 341 g/mol. The van der Waals surface area contributed by atoms with Gasteiger partial charge < -0.3 is 4.74 Å². The lowest BCUT2D eigenvalue weighted by atomic mass is 10.1. The summed E-state index contributed by atoms with van der Waals surface area (Å²) in [4.78, 5) is -0.586. The van der Waals surface area contributed by atoms with Gasteiger partial charge in [-0.25, -0.2) is 21.9 Å². The topological polar surface area (TPSA) is 55.4 Å². The average molecular weight is 341 g/mol. The van der Waals surface area contributed by atoms with E-state index < -0.39 is 32.6 Å². The third-order valence-electron chi connectivity index (χ3n) is 3.21. The molecular weight excluding hydrogens is 324 g/mol. The van der Waals surface area contributed by atoms with E-state index in [1.165, 1.54) is 0 Å². The van der Waals surface area contributed by atoms with Gasteiger partial charge in [-0.15, -0.1) is 0 Å². The highest BCUT2D eigenvalue weighted by Gasteiger charge is 2.22. The zero-order valence-corrected chi connectivity index (χ0v) is 13.5. The summed E-state index contributed by atoms with van der Waals surface area (Å²) in [6, 6.07) is 8.65. The van der Waals surface area contributed by atoms with E-state index in [-0.39, 0.29) is 0 Å². The van der Waals surface area contributed by atoms with Crippen LogP contribution >= 0.6 is 0 Å². The maximum atomic E-state index is 13.7. The van der Waals surface area contributed by atoms with Crippen LogP contribution in [0, 0.1) is 11.6 Å². The van der Waals surface area contributed by atoms with Crippen LogP contribution in [0.15, 0.2) is 47.4 Å². The van der Waals surface area contributed by atoms with Crippen molar-refractivity contribution in [1.29, 1.82) is 0 Å². The molecule has 2 aromatic carbocycles. The summed E-state index contributed by atoms with van der Waals surface area (Å²) in [5, 5.41) is 0. The summed E-state index contributed by atoms with van der Waals surface area (Å²) in [7, 11) is -4.10. The van der Waals surface area contributed by atoms with Crippen molar-refractivity contribution in [2.45, 2.75) is 24.8 Å². The Kier molecular flexibility index (Phi) is 5.33. The Labute approximate surface area is 134 Å². The van der Waals surface area contributed by atoms with Crippen molar-refractivity contribution in [2.24, 2.45) is 0 Å². The van der Waals surface area contributed by atoms with Gasteiger partial charge in [0.25, 0.3) is 0 Å². The summed E-state index contributed by atoms with van der Waals surface area (Å²) in [6.07, 6.45) is 0. The van der Waals surface area contributed by atoms with Gasteiger partial charge in [0.05, 0.1) is 6.61 Å². The Hall–Kier alpha value is -1.99. The van der Waals surface area contributed by atoms with E-state index in [0.717, 1.165) is 12.1 Å². The Morgan fingerprint density at radius 2 is 1.78 bits per heavy atom. The molecule has 0 saturated carbocycles. The first-order valence-corrected chi connectivity index (χ1v) is 8.52. The van der Waals surface area contributed by atoms with Crippen molar-refractivity contribution in [3.8, 4) is 5.75 Å². The number of hydrogen-bond donors (Lipinski definition) is 1. The molecule has 0 aromatic heterocycles. The van der Waals surface area contributed by atoms with Crippen LogP contribution in [0.25, 0.3) is 0 Å².